The molecule has 50 heavy (non-hydrogen) atoms. The Balaban J connectivity index is 0.935. The summed E-state index contributed by atoms with van der Waals surface area (Å²) in [5.74, 6) is 2.71. The number of aromatic nitrogens is 2. The molecule has 4 unspecified atom stereocenters. The molecule has 3 aliphatic carbocycles. The van der Waals surface area contributed by atoms with Crippen molar-refractivity contribution in [2.45, 2.75) is 70.9 Å². The summed E-state index contributed by atoms with van der Waals surface area (Å²) in [6.45, 7) is 14.1. The molecule has 4 heterocycles. The molecule has 11 nitrogen and oxygen atoms in total. The molecule has 2 aromatic rings. The highest BCUT2D eigenvalue weighted by Gasteiger charge is 2.56. The molecule has 0 radical (unpaired) electrons. The number of benzene rings is 1. The van der Waals surface area contributed by atoms with Crippen LogP contribution in [0.15, 0.2) is 30.7 Å². The number of likely N-dealkylation sites (tertiary alicyclic amines) is 1. The fourth-order valence-corrected chi connectivity index (χ4v) is 9.71. The van der Waals surface area contributed by atoms with Gasteiger partial charge in [0.25, 0.3) is 5.91 Å². The number of hydrogen-bond acceptors (Lipinski definition) is 8. The lowest BCUT2D eigenvalue weighted by molar-refractivity contribution is -0.0154. The number of halogens is 1. The number of anilines is 1. The summed E-state index contributed by atoms with van der Waals surface area (Å²) in [7, 11) is 4.13. The summed E-state index contributed by atoms with van der Waals surface area (Å²) in [6, 6.07) is 4.19. The maximum absolute atomic E-state index is 14.3. The molecular weight excluding hydrogens is 635 g/mol. The maximum atomic E-state index is 14.3. The second kappa shape index (κ2) is 13.9. The van der Waals surface area contributed by atoms with Crippen molar-refractivity contribution in [3.63, 3.8) is 0 Å². The molecule has 3 aliphatic heterocycles. The SMILES string of the molecule is CCN(C(=O)c1cc(F)ccc1Oc1cncnc1N1CC2(CCN(CC3CC4CCC3CC43CN(CCN(C)C)C(=O)N3)CC2)C1)C(C)C. The van der Waals surface area contributed by atoms with E-state index < -0.39 is 5.82 Å². The van der Waals surface area contributed by atoms with Crippen LogP contribution in [-0.2, 0) is 0 Å². The van der Waals surface area contributed by atoms with Crippen molar-refractivity contribution in [1.29, 1.82) is 0 Å². The first-order valence-electron chi connectivity index (χ1n) is 18.8. The van der Waals surface area contributed by atoms with E-state index in [1.54, 1.807) is 11.1 Å². The van der Waals surface area contributed by atoms with Crippen molar-refractivity contribution in [3.8, 4) is 11.5 Å². The Hall–Kier alpha value is -3.51. The number of rotatable bonds is 11. The number of likely N-dealkylation sites (N-methyl/N-ethyl adjacent to an activating group) is 1. The molecule has 1 aromatic heterocycles. The van der Waals surface area contributed by atoms with E-state index in [0.29, 0.717) is 41.6 Å². The Labute approximate surface area is 296 Å². The lowest BCUT2D eigenvalue weighted by Crippen LogP contribution is -2.62. The Morgan fingerprint density at radius 3 is 2.60 bits per heavy atom. The van der Waals surface area contributed by atoms with Gasteiger partial charge >= 0.3 is 6.03 Å². The van der Waals surface area contributed by atoms with Gasteiger partial charge in [0, 0.05) is 57.3 Å². The van der Waals surface area contributed by atoms with E-state index in [1.807, 2.05) is 25.7 Å². The van der Waals surface area contributed by atoms with Gasteiger partial charge in [0.1, 0.15) is 17.9 Å². The zero-order chi connectivity index (χ0) is 35.2. The van der Waals surface area contributed by atoms with Gasteiger partial charge in [-0.1, -0.05) is 0 Å². The molecule has 4 atom stereocenters. The third-order valence-corrected chi connectivity index (χ3v) is 12.5. The monoisotopic (exact) mass is 690 g/mol. The summed E-state index contributed by atoms with van der Waals surface area (Å²) in [5.41, 5.74) is 0.430. The molecule has 1 N–H and O–H groups in total. The fraction of sp³-hybridized carbons (Fsp3) is 0.684. The summed E-state index contributed by atoms with van der Waals surface area (Å²) in [6.07, 6.45) is 10.4. The van der Waals surface area contributed by atoms with E-state index in [4.69, 9.17) is 4.74 Å². The predicted octanol–water partition coefficient (Wildman–Crippen LogP) is 4.94. The van der Waals surface area contributed by atoms with Gasteiger partial charge in [-0.2, -0.15) is 0 Å². The maximum Gasteiger partial charge on any atom is 0.318 e. The molecule has 12 heteroatoms. The minimum absolute atomic E-state index is 0.0224. The summed E-state index contributed by atoms with van der Waals surface area (Å²) in [5, 5.41) is 3.48. The summed E-state index contributed by atoms with van der Waals surface area (Å²) >= 11 is 0. The number of nitrogens with zero attached hydrogens (tertiary/aromatic N) is 7. The van der Waals surface area contributed by atoms with Crippen molar-refractivity contribution in [2.75, 3.05) is 77.9 Å². The largest absolute Gasteiger partial charge is 0.451 e. The second-order valence-electron chi connectivity index (χ2n) is 16.3. The number of amides is 3. The van der Waals surface area contributed by atoms with E-state index in [9.17, 15) is 14.0 Å². The quantitative estimate of drug-likeness (QED) is 0.354. The van der Waals surface area contributed by atoms with E-state index in [2.05, 4.69) is 44.1 Å². The van der Waals surface area contributed by atoms with Crippen molar-refractivity contribution in [2.24, 2.45) is 23.2 Å². The van der Waals surface area contributed by atoms with Crippen molar-refractivity contribution in [1.82, 2.24) is 34.9 Å². The van der Waals surface area contributed by atoms with Gasteiger partial charge in [0.15, 0.2) is 11.6 Å². The zero-order valence-electron chi connectivity index (χ0n) is 30.5. The van der Waals surface area contributed by atoms with Gasteiger partial charge in [-0.3, -0.25) is 4.79 Å². The number of nitrogens with one attached hydrogen (secondary N) is 1. The van der Waals surface area contributed by atoms with Crippen molar-refractivity contribution in [3.05, 3.63) is 42.1 Å². The number of carbonyl (C=O) groups excluding carboxylic acids is 2. The van der Waals surface area contributed by atoms with Gasteiger partial charge in [0.2, 0.25) is 0 Å². The average Bonchev–Trinajstić information content (AvgIpc) is 3.39. The van der Waals surface area contributed by atoms with E-state index in [0.717, 1.165) is 65.1 Å². The molecule has 2 bridgehead atoms. The Morgan fingerprint density at radius 1 is 1.14 bits per heavy atom. The molecule has 3 amide bonds. The van der Waals surface area contributed by atoms with Crippen LogP contribution in [-0.4, -0.2) is 126 Å². The number of carbonyl (C=O) groups is 2. The summed E-state index contributed by atoms with van der Waals surface area (Å²) < 4.78 is 20.6. The van der Waals surface area contributed by atoms with Gasteiger partial charge in [-0.05, 0) is 122 Å². The third-order valence-electron chi connectivity index (χ3n) is 12.5. The standard InChI is InChI=1S/C38H55FN8O3/c1-6-47(26(2)3)35(48)31-18-30(39)9-10-32(31)50-33-20-40-25-41-34(33)46-22-37(23-46)11-13-44(14-12-37)21-28-17-29-8-7-27(28)19-38(29)24-45(36(49)42-38)16-15-43(4)5/h9-10,18,20,25-29H,6-8,11-17,19,21-24H2,1-5H3,(H,42,49). The van der Waals surface area contributed by atoms with Gasteiger partial charge in [-0.25, -0.2) is 19.2 Å². The predicted molar refractivity (Wildman–Crippen MR) is 191 cm³/mol. The first-order chi connectivity index (χ1) is 24.0. The highest BCUT2D eigenvalue weighted by atomic mass is 19.1. The smallest absolute Gasteiger partial charge is 0.318 e. The first-order valence-corrected chi connectivity index (χ1v) is 18.8. The highest BCUT2D eigenvalue weighted by molar-refractivity contribution is 5.97. The van der Waals surface area contributed by atoms with Crippen LogP contribution in [0.1, 0.15) is 69.7 Å². The van der Waals surface area contributed by atoms with Crippen LogP contribution in [0.5, 0.6) is 11.5 Å². The van der Waals surface area contributed by atoms with Gasteiger partial charge in [-0.15, -0.1) is 0 Å². The molecule has 272 valence electrons. The molecule has 3 saturated heterocycles. The van der Waals surface area contributed by atoms with Crippen LogP contribution in [0.25, 0.3) is 0 Å². The van der Waals surface area contributed by atoms with Crippen LogP contribution in [0.2, 0.25) is 0 Å². The minimum atomic E-state index is -0.481. The second-order valence-corrected chi connectivity index (χ2v) is 16.3. The first kappa shape index (κ1) is 34.9. The molecule has 6 fully saturated rings. The average molecular weight is 691 g/mol. The molecule has 3 saturated carbocycles. The van der Waals surface area contributed by atoms with Crippen molar-refractivity contribution < 1.29 is 18.7 Å². The van der Waals surface area contributed by atoms with Crippen LogP contribution >= 0.6 is 0 Å². The number of hydrogen-bond donors (Lipinski definition) is 1. The molecule has 2 spiro atoms. The normalized spacial score (nSPS) is 27.4. The van der Waals surface area contributed by atoms with Crippen LogP contribution in [0.3, 0.4) is 0 Å². The van der Waals surface area contributed by atoms with Crippen LogP contribution < -0.4 is 15.0 Å². The molecule has 8 rings (SSSR count). The van der Waals surface area contributed by atoms with Gasteiger partial charge in [0.05, 0.1) is 17.3 Å². The Bertz CT molecular complexity index is 1560. The summed E-state index contributed by atoms with van der Waals surface area (Å²) in [4.78, 5) is 46.0. The number of piperidine rings is 1. The van der Waals surface area contributed by atoms with E-state index >= 15 is 0 Å². The zero-order valence-corrected chi connectivity index (χ0v) is 30.5. The lowest BCUT2D eigenvalue weighted by atomic mass is 9.56. The third kappa shape index (κ3) is 6.77. The highest BCUT2D eigenvalue weighted by Crippen LogP contribution is 2.53. The van der Waals surface area contributed by atoms with E-state index in [1.165, 1.54) is 50.3 Å². The lowest BCUT2D eigenvalue weighted by Gasteiger charge is -2.56. The molecule has 6 aliphatic rings. The minimum Gasteiger partial charge on any atom is -0.451 e. The van der Waals surface area contributed by atoms with Gasteiger partial charge < -0.3 is 34.6 Å². The Kier molecular flexibility index (Phi) is 9.71. The molecule has 1 aromatic carbocycles. The van der Waals surface area contributed by atoms with Crippen molar-refractivity contribution >= 4 is 17.8 Å². The number of fused-ring (bicyclic) bond motifs is 2. The number of urea groups is 1. The molecular formula is C38H55FN8O3. The topological polar surface area (TPSA) is 97.4 Å². The Morgan fingerprint density at radius 2 is 1.92 bits per heavy atom. The van der Waals surface area contributed by atoms with Crippen LogP contribution in [0, 0.1) is 29.0 Å². The number of ether oxygens (including phenoxy) is 1. The fourth-order valence-electron chi connectivity index (χ4n) is 9.71. The van der Waals surface area contributed by atoms with E-state index in [-0.39, 0.29) is 34.5 Å². The van der Waals surface area contributed by atoms with Crippen LogP contribution in [0.4, 0.5) is 15.0 Å².